The fourth-order valence-corrected chi connectivity index (χ4v) is 4.11. The van der Waals surface area contributed by atoms with Gasteiger partial charge in [0.15, 0.2) is 5.71 Å². The van der Waals surface area contributed by atoms with Crippen LogP contribution in [0, 0.1) is 11.8 Å². The number of benzene rings is 1. The molecule has 25 heavy (non-hydrogen) atoms. The van der Waals surface area contributed by atoms with Crippen LogP contribution in [0.1, 0.15) is 24.3 Å². The molecule has 1 aliphatic heterocycles. The molecule has 0 aromatic heterocycles. The molecule has 1 aliphatic carbocycles. The second kappa shape index (κ2) is 7.64. The largest absolute Gasteiger partial charge is 0.464 e. The van der Waals surface area contributed by atoms with E-state index >= 15 is 0 Å². The molecule has 2 aliphatic rings. The Morgan fingerprint density at radius 1 is 1.24 bits per heavy atom. The number of hydrogen-bond acceptors (Lipinski definition) is 3. The van der Waals surface area contributed by atoms with Gasteiger partial charge in [-0.15, -0.1) is 0 Å². The molecule has 1 aromatic carbocycles. The van der Waals surface area contributed by atoms with Crippen molar-refractivity contribution in [2.75, 3.05) is 27.2 Å². The Bertz CT molecular complexity index is 682. The first-order valence-corrected chi connectivity index (χ1v) is 8.72. The molecule has 2 atom stereocenters. The summed E-state index contributed by atoms with van der Waals surface area (Å²) in [4.78, 5) is 22.5. The van der Waals surface area contributed by atoms with Gasteiger partial charge in [0.2, 0.25) is 5.96 Å². The highest BCUT2D eigenvalue weighted by molar-refractivity contribution is 6.42. The molecule has 0 bridgehead atoms. The summed E-state index contributed by atoms with van der Waals surface area (Å²) in [7, 11) is 3.05. The molecule has 0 spiro atoms. The third-order valence-electron chi connectivity index (χ3n) is 5.31. The molecule has 5 nitrogen and oxygen atoms in total. The topological polar surface area (TPSA) is 54.3 Å². The second-order valence-electron chi connectivity index (χ2n) is 6.72. The Balaban J connectivity index is 1.67. The van der Waals surface area contributed by atoms with Gasteiger partial charge in [0.1, 0.15) is 0 Å². The van der Waals surface area contributed by atoms with E-state index in [4.69, 9.17) is 4.74 Å². The molecule has 0 amide bonds. The first kappa shape index (κ1) is 17.4. The van der Waals surface area contributed by atoms with Crippen LogP contribution in [0.5, 0.6) is 0 Å². The van der Waals surface area contributed by atoms with Crippen LogP contribution in [-0.2, 0) is 9.53 Å². The van der Waals surface area contributed by atoms with Crippen molar-refractivity contribution in [3.8, 4) is 0 Å². The molecule has 1 aromatic rings. The van der Waals surface area contributed by atoms with Gasteiger partial charge < -0.3 is 9.64 Å². The van der Waals surface area contributed by atoms with Crippen LogP contribution < -0.4 is 0 Å². The summed E-state index contributed by atoms with van der Waals surface area (Å²) in [6, 6.07) is 10.8. The van der Waals surface area contributed by atoms with Crippen LogP contribution in [0.4, 0.5) is 0 Å². The first-order valence-electron chi connectivity index (χ1n) is 8.72. The highest BCUT2D eigenvalue weighted by Crippen LogP contribution is 2.46. The molecule has 132 valence electrons. The summed E-state index contributed by atoms with van der Waals surface area (Å²) in [5, 5.41) is 0. The van der Waals surface area contributed by atoms with Gasteiger partial charge in [-0.1, -0.05) is 36.9 Å². The summed E-state index contributed by atoms with van der Waals surface area (Å²) in [5.41, 5.74) is 1.65. The monoisotopic (exact) mass is 339 g/mol. The zero-order valence-corrected chi connectivity index (χ0v) is 14.9. The fourth-order valence-electron chi connectivity index (χ4n) is 4.11. The lowest BCUT2D eigenvalue weighted by atomic mass is 9.96. The highest BCUT2D eigenvalue weighted by atomic mass is 16.5. The van der Waals surface area contributed by atoms with Gasteiger partial charge >= 0.3 is 5.97 Å². The van der Waals surface area contributed by atoms with Gasteiger partial charge in [-0.05, 0) is 42.2 Å². The van der Waals surface area contributed by atoms with E-state index in [9.17, 15) is 4.79 Å². The minimum Gasteiger partial charge on any atom is -0.464 e. The number of rotatable bonds is 3. The smallest absolute Gasteiger partial charge is 0.356 e. The molecular weight excluding hydrogens is 314 g/mol. The number of esters is 1. The Labute approximate surface area is 149 Å². The maximum absolute atomic E-state index is 11.7. The van der Waals surface area contributed by atoms with Crippen molar-refractivity contribution in [3.63, 3.8) is 0 Å². The molecule has 0 radical (unpaired) electrons. The molecule has 0 N–H and O–H groups in total. The van der Waals surface area contributed by atoms with Crippen LogP contribution in [0.2, 0.25) is 0 Å². The third kappa shape index (κ3) is 3.65. The van der Waals surface area contributed by atoms with Crippen LogP contribution >= 0.6 is 0 Å². The number of carbonyl (C=O) groups excluding carboxylic acids is 1. The van der Waals surface area contributed by atoms with Gasteiger partial charge in [-0.25, -0.2) is 9.79 Å². The van der Waals surface area contributed by atoms with Crippen molar-refractivity contribution in [2.45, 2.75) is 18.8 Å². The van der Waals surface area contributed by atoms with E-state index < -0.39 is 5.97 Å². The number of nitrogens with zero attached hydrogens (tertiary/aromatic N) is 3. The van der Waals surface area contributed by atoms with Crippen molar-refractivity contribution >= 4 is 17.6 Å². The summed E-state index contributed by atoms with van der Waals surface area (Å²) < 4.78 is 4.73. The third-order valence-corrected chi connectivity index (χ3v) is 5.31. The minimum absolute atomic E-state index is 0.197. The Morgan fingerprint density at radius 2 is 1.88 bits per heavy atom. The molecule has 5 heteroatoms. The molecule has 1 saturated heterocycles. The molecule has 3 rings (SSSR count). The predicted octanol–water partition coefficient (Wildman–Crippen LogP) is 2.90. The number of hydrogen-bond donors (Lipinski definition) is 0. The molecule has 1 heterocycles. The normalized spacial score (nSPS) is 26.5. The van der Waals surface area contributed by atoms with E-state index in [0.717, 1.165) is 13.1 Å². The van der Waals surface area contributed by atoms with Crippen molar-refractivity contribution < 1.29 is 9.53 Å². The average Bonchev–Trinajstić information content (AvgIpc) is 3.22. The van der Waals surface area contributed by atoms with Crippen molar-refractivity contribution in [1.82, 2.24) is 4.90 Å². The molecule has 2 unspecified atom stereocenters. The van der Waals surface area contributed by atoms with E-state index in [2.05, 4.69) is 51.8 Å². The highest BCUT2D eigenvalue weighted by Gasteiger charge is 2.42. The number of methoxy groups -OCH3 is 1. The maximum Gasteiger partial charge on any atom is 0.356 e. The quantitative estimate of drug-likeness (QED) is 0.483. The van der Waals surface area contributed by atoms with Crippen molar-refractivity contribution in [1.29, 1.82) is 0 Å². The maximum atomic E-state index is 11.7. The number of ether oxygens (including phenoxy) is 1. The molecule has 2 fully saturated rings. The van der Waals surface area contributed by atoms with Crippen LogP contribution in [0.25, 0.3) is 0 Å². The van der Waals surface area contributed by atoms with Crippen LogP contribution in [0.15, 0.2) is 53.0 Å². The minimum atomic E-state index is -0.486. The Morgan fingerprint density at radius 3 is 2.40 bits per heavy atom. The predicted molar refractivity (Wildman–Crippen MR) is 100.0 cm³/mol. The van der Waals surface area contributed by atoms with Gasteiger partial charge in [0.25, 0.3) is 0 Å². The lowest BCUT2D eigenvalue weighted by Crippen LogP contribution is -2.30. The number of aliphatic imine (C=N–C) groups is 2. The first-order chi connectivity index (χ1) is 12.2. The summed E-state index contributed by atoms with van der Waals surface area (Å²) in [6.07, 6.45) is 3.83. The van der Waals surface area contributed by atoms with E-state index in [1.165, 1.54) is 31.6 Å². The lowest BCUT2D eigenvalue weighted by molar-refractivity contribution is -0.132. The SMILES string of the molecule is C=CC(=NC(=NC)N1CC2CC(c3ccccc3)CC2C1)C(=O)OC. The van der Waals surface area contributed by atoms with Gasteiger partial charge in [-0.3, -0.25) is 4.99 Å². The zero-order valence-electron chi connectivity index (χ0n) is 14.9. The second-order valence-corrected chi connectivity index (χ2v) is 6.72. The van der Waals surface area contributed by atoms with E-state index in [1.54, 1.807) is 7.05 Å². The summed E-state index contributed by atoms with van der Waals surface area (Å²) in [5.74, 6) is 2.07. The van der Waals surface area contributed by atoms with Crippen LogP contribution in [0.3, 0.4) is 0 Å². The number of guanidine groups is 1. The lowest BCUT2D eigenvalue weighted by Gasteiger charge is -2.20. The van der Waals surface area contributed by atoms with E-state index in [-0.39, 0.29) is 5.71 Å². The summed E-state index contributed by atoms with van der Waals surface area (Å²) in [6.45, 7) is 5.52. The summed E-state index contributed by atoms with van der Waals surface area (Å²) >= 11 is 0. The Kier molecular flexibility index (Phi) is 5.31. The van der Waals surface area contributed by atoms with E-state index in [0.29, 0.717) is 23.7 Å². The van der Waals surface area contributed by atoms with Crippen molar-refractivity contribution in [3.05, 3.63) is 48.6 Å². The molecule has 1 saturated carbocycles. The van der Waals surface area contributed by atoms with Gasteiger partial charge in [0, 0.05) is 20.1 Å². The van der Waals surface area contributed by atoms with Crippen LogP contribution in [-0.4, -0.2) is 49.8 Å². The molecular formula is C20H25N3O2. The Hall–Kier alpha value is -2.43. The van der Waals surface area contributed by atoms with Crippen molar-refractivity contribution in [2.24, 2.45) is 21.8 Å². The number of fused-ring (bicyclic) bond motifs is 1. The zero-order chi connectivity index (χ0) is 17.8. The standard InChI is InChI=1S/C20H25N3O2/c1-4-18(19(24)25-3)22-20(21-2)23-12-16-10-15(11-17(16)13-23)14-8-6-5-7-9-14/h4-9,15-17H,1,10-13H2,2-3H3. The fraction of sp³-hybridized carbons (Fsp3) is 0.450. The number of likely N-dealkylation sites (tertiary alicyclic amines) is 1. The average molecular weight is 339 g/mol. The van der Waals surface area contributed by atoms with Gasteiger partial charge in [-0.2, -0.15) is 0 Å². The number of carbonyl (C=O) groups is 1. The van der Waals surface area contributed by atoms with E-state index in [1.807, 2.05) is 0 Å². The van der Waals surface area contributed by atoms with Gasteiger partial charge in [0.05, 0.1) is 7.11 Å².